The van der Waals surface area contributed by atoms with Gasteiger partial charge in [-0.15, -0.1) is 0 Å². The number of aromatic nitrogens is 4. The molecule has 9 heteroatoms. The van der Waals surface area contributed by atoms with Crippen LogP contribution in [0.4, 0.5) is 22.0 Å². The highest BCUT2D eigenvalue weighted by Crippen LogP contribution is 2.25. The van der Waals surface area contributed by atoms with Gasteiger partial charge < -0.3 is 0 Å². The first-order valence-electron chi connectivity index (χ1n) is 7.63. The summed E-state index contributed by atoms with van der Waals surface area (Å²) in [6.07, 6.45) is -4.71. The molecule has 0 fully saturated rings. The number of halogens is 5. The first-order chi connectivity index (χ1) is 11.7. The zero-order chi connectivity index (χ0) is 20.0. The number of hydrogen-bond donors (Lipinski definition) is 0. The number of nitrogens with zero attached hydrogens (tertiary/aromatic N) is 4. The molecule has 0 unspecified atom stereocenters. The van der Waals surface area contributed by atoms with Crippen LogP contribution in [0.3, 0.4) is 0 Å². The second-order valence-electron chi connectivity index (χ2n) is 3.90. The maximum atomic E-state index is 11.9. The fraction of sp³-hybridized carbons (Fsp3) is 0.500. The van der Waals surface area contributed by atoms with Crippen LogP contribution in [0, 0.1) is 13.8 Å². The van der Waals surface area contributed by atoms with E-state index in [0.29, 0.717) is 11.4 Å². The normalized spacial score (nSPS) is 9.76. The number of aryl methyl sites for hydroxylation is 2. The van der Waals surface area contributed by atoms with E-state index in [-0.39, 0.29) is 5.69 Å². The van der Waals surface area contributed by atoms with Crippen molar-refractivity contribution in [2.24, 2.45) is 0 Å². The molecule has 0 atom stereocenters. The molecule has 0 aromatic carbocycles. The van der Waals surface area contributed by atoms with Gasteiger partial charge in [0.05, 0.1) is 0 Å². The summed E-state index contributed by atoms with van der Waals surface area (Å²) in [5, 5.41) is 0. The molecule has 0 aliphatic carbocycles. The van der Waals surface area contributed by atoms with E-state index < -0.39 is 18.4 Å². The first kappa shape index (κ1) is 25.1. The van der Waals surface area contributed by atoms with Gasteiger partial charge in [-0.1, -0.05) is 27.7 Å². The summed E-state index contributed by atoms with van der Waals surface area (Å²) < 4.78 is 59.2. The van der Waals surface area contributed by atoms with Crippen molar-refractivity contribution < 1.29 is 22.0 Å². The van der Waals surface area contributed by atoms with Gasteiger partial charge in [0.15, 0.2) is 0 Å². The summed E-state index contributed by atoms with van der Waals surface area (Å²) in [4.78, 5) is 13.3. The van der Waals surface area contributed by atoms with Gasteiger partial charge in [0.1, 0.15) is 12.0 Å². The molecule has 0 N–H and O–H groups in total. The van der Waals surface area contributed by atoms with Crippen molar-refractivity contribution in [3.8, 4) is 0 Å². The predicted molar refractivity (Wildman–Crippen MR) is 86.2 cm³/mol. The van der Waals surface area contributed by atoms with Gasteiger partial charge in [0.25, 0.3) is 6.43 Å². The second kappa shape index (κ2) is 13.1. The summed E-state index contributed by atoms with van der Waals surface area (Å²) in [5.41, 5.74) is 0.658. The third-order valence-corrected chi connectivity index (χ3v) is 2.10. The molecule has 142 valence electrons. The van der Waals surface area contributed by atoms with Crippen LogP contribution in [0.15, 0.2) is 24.7 Å². The van der Waals surface area contributed by atoms with E-state index in [1.807, 2.05) is 27.7 Å². The molecule has 2 aromatic rings. The van der Waals surface area contributed by atoms with Crippen LogP contribution in [-0.4, -0.2) is 19.9 Å². The van der Waals surface area contributed by atoms with Crippen molar-refractivity contribution in [3.05, 3.63) is 47.6 Å². The Hall–Kier alpha value is -2.19. The summed E-state index contributed by atoms with van der Waals surface area (Å²) in [5.74, 6) is -1.09. The third kappa shape index (κ3) is 11.1. The lowest BCUT2D eigenvalue weighted by Crippen LogP contribution is -2.10. The van der Waals surface area contributed by atoms with Crippen molar-refractivity contribution in [2.45, 2.75) is 54.1 Å². The van der Waals surface area contributed by atoms with Crippen molar-refractivity contribution >= 4 is 0 Å². The number of rotatable bonds is 1. The minimum atomic E-state index is -4.44. The first-order valence-corrected chi connectivity index (χ1v) is 7.63. The average Bonchev–Trinajstić information content (AvgIpc) is 2.58. The molecule has 0 spiro atoms. The van der Waals surface area contributed by atoms with Crippen LogP contribution in [0.5, 0.6) is 0 Å². The van der Waals surface area contributed by atoms with Crippen LogP contribution in [0.2, 0.25) is 0 Å². The van der Waals surface area contributed by atoms with E-state index >= 15 is 0 Å². The number of alkyl halides is 5. The van der Waals surface area contributed by atoms with Gasteiger partial charge in [-0.25, -0.2) is 28.7 Å². The van der Waals surface area contributed by atoms with Crippen molar-refractivity contribution in [1.82, 2.24) is 19.9 Å². The van der Waals surface area contributed by atoms with Gasteiger partial charge in [-0.3, -0.25) is 0 Å². The monoisotopic (exact) mass is 366 g/mol. The molecule has 2 rings (SSSR count). The smallest absolute Gasteiger partial charge is 0.242 e. The lowest BCUT2D eigenvalue weighted by Gasteiger charge is -2.03. The maximum absolute atomic E-state index is 11.9. The zero-order valence-corrected chi connectivity index (χ0v) is 15.1. The molecule has 2 heterocycles. The largest absolute Gasteiger partial charge is 0.451 e. The van der Waals surface area contributed by atoms with Gasteiger partial charge in [-0.2, -0.15) is 13.2 Å². The van der Waals surface area contributed by atoms with Crippen LogP contribution in [-0.2, 0) is 6.18 Å². The van der Waals surface area contributed by atoms with E-state index in [4.69, 9.17) is 0 Å². The fourth-order valence-corrected chi connectivity index (χ4v) is 1.18. The average molecular weight is 366 g/mol. The van der Waals surface area contributed by atoms with Crippen LogP contribution >= 0.6 is 0 Å². The molecule has 2 aromatic heterocycles. The molecule has 25 heavy (non-hydrogen) atoms. The van der Waals surface area contributed by atoms with E-state index in [1.54, 1.807) is 6.92 Å². The second-order valence-corrected chi connectivity index (χ2v) is 3.90. The third-order valence-electron chi connectivity index (χ3n) is 2.10. The molecular weight excluding hydrogens is 343 g/mol. The van der Waals surface area contributed by atoms with E-state index in [2.05, 4.69) is 19.9 Å². The lowest BCUT2D eigenvalue weighted by atomic mass is 10.3. The van der Waals surface area contributed by atoms with Gasteiger partial charge in [0.2, 0.25) is 5.82 Å². The lowest BCUT2D eigenvalue weighted by molar-refractivity contribution is -0.145. The molecule has 0 saturated carbocycles. The van der Waals surface area contributed by atoms with E-state index in [1.165, 1.54) is 19.1 Å². The Morgan fingerprint density at radius 2 is 1.44 bits per heavy atom. The molecule has 4 nitrogen and oxygen atoms in total. The molecule has 0 aliphatic heterocycles. The Labute approximate surface area is 144 Å². The predicted octanol–water partition coefficient (Wildman–Crippen LogP) is 5.58. The van der Waals surface area contributed by atoms with E-state index in [0.717, 1.165) is 12.5 Å². The quantitative estimate of drug-likeness (QED) is 0.618. The highest BCUT2D eigenvalue weighted by atomic mass is 19.4. The van der Waals surface area contributed by atoms with Gasteiger partial charge in [0, 0.05) is 17.6 Å². The Kier molecular flexibility index (Phi) is 13.2. The zero-order valence-electron chi connectivity index (χ0n) is 15.1. The molecule has 0 saturated heterocycles. The Morgan fingerprint density at radius 3 is 1.76 bits per heavy atom. The minimum Gasteiger partial charge on any atom is -0.242 e. The van der Waals surface area contributed by atoms with Crippen LogP contribution < -0.4 is 0 Å². The van der Waals surface area contributed by atoms with Crippen molar-refractivity contribution in [2.75, 3.05) is 0 Å². The van der Waals surface area contributed by atoms with E-state index in [9.17, 15) is 22.0 Å². The summed E-state index contributed by atoms with van der Waals surface area (Å²) >= 11 is 0. The Bertz CT molecular complexity index is 589. The summed E-state index contributed by atoms with van der Waals surface area (Å²) in [6, 6.07) is 2.68. The van der Waals surface area contributed by atoms with Gasteiger partial charge >= 0.3 is 6.18 Å². The standard InChI is InChI=1S/C6H5F3N2.C6H6F2N2.2C2H6/c1-4-2-3-10-5(11-4)6(7,8)9;1-4-2-5(6(7)8)10-3-9-4;2*1-2/h2-3H,1H3;2-3,6H,1H3;2*1-2H3. The molecule has 0 aliphatic rings. The maximum Gasteiger partial charge on any atom is 0.451 e. The highest BCUT2D eigenvalue weighted by molar-refractivity contribution is 5.07. The number of hydrogen-bond acceptors (Lipinski definition) is 4. The summed E-state index contributed by atoms with van der Waals surface area (Å²) in [6.45, 7) is 11.1. The minimum absolute atomic E-state index is 0.215. The topological polar surface area (TPSA) is 51.6 Å². The SMILES string of the molecule is CC.CC.Cc1cc(C(F)F)ncn1.Cc1ccnc(C(F)(F)F)n1. The highest BCUT2D eigenvalue weighted by Gasteiger charge is 2.34. The molecule has 0 radical (unpaired) electrons. The van der Waals surface area contributed by atoms with Crippen LogP contribution in [0.1, 0.15) is 57.0 Å². The van der Waals surface area contributed by atoms with Gasteiger partial charge in [-0.05, 0) is 26.0 Å². The molecular formula is C16H23F5N4. The Morgan fingerprint density at radius 1 is 0.880 bits per heavy atom. The van der Waals surface area contributed by atoms with Crippen molar-refractivity contribution in [1.29, 1.82) is 0 Å². The molecule has 0 bridgehead atoms. The summed E-state index contributed by atoms with van der Waals surface area (Å²) in [7, 11) is 0. The molecule has 0 amide bonds. The van der Waals surface area contributed by atoms with Crippen molar-refractivity contribution in [3.63, 3.8) is 0 Å². The Balaban J connectivity index is 0. The fourth-order valence-electron chi connectivity index (χ4n) is 1.18. The van der Waals surface area contributed by atoms with Crippen LogP contribution in [0.25, 0.3) is 0 Å².